The molecule has 186 valence electrons. The normalized spacial score (nSPS) is 20.2. The molecule has 2 aliphatic rings. The molecule has 3 rings (SSSR count). The van der Waals surface area contributed by atoms with E-state index >= 15 is 8.78 Å². The molecule has 2 fully saturated rings. The molecule has 0 saturated carbocycles. The van der Waals surface area contributed by atoms with Gasteiger partial charge in [-0.15, -0.1) is 4.31 Å². The molecule has 10 heteroatoms. The SMILES string of the molecule is Cc1cc(N(C)C(=O)OC(C)(C)C)cc(C)c1CC(F)(F)[S+]([O-])N1CCC2(CC1)OCCO2. The van der Waals surface area contributed by atoms with Crippen LogP contribution >= 0.6 is 0 Å². The number of nitrogens with zero attached hydrogens (tertiary/aromatic N) is 2. The van der Waals surface area contributed by atoms with E-state index in [9.17, 15) is 9.35 Å². The van der Waals surface area contributed by atoms with E-state index < -0.39 is 40.5 Å². The number of anilines is 1. The van der Waals surface area contributed by atoms with Gasteiger partial charge >= 0.3 is 11.3 Å². The van der Waals surface area contributed by atoms with Crippen molar-refractivity contribution in [2.24, 2.45) is 0 Å². The molecule has 2 saturated heterocycles. The Bertz CT molecular complexity index is 838. The first-order valence-electron chi connectivity index (χ1n) is 11.1. The van der Waals surface area contributed by atoms with E-state index in [1.165, 1.54) is 9.21 Å². The van der Waals surface area contributed by atoms with Crippen LogP contribution in [-0.2, 0) is 32.0 Å². The van der Waals surface area contributed by atoms with Gasteiger partial charge in [-0.3, -0.25) is 4.90 Å². The van der Waals surface area contributed by atoms with Crippen molar-refractivity contribution in [1.29, 1.82) is 0 Å². The highest BCUT2D eigenvalue weighted by Gasteiger charge is 2.51. The number of halogens is 2. The van der Waals surface area contributed by atoms with Crippen LogP contribution in [0.1, 0.15) is 50.3 Å². The zero-order valence-electron chi connectivity index (χ0n) is 20.2. The minimum absolute atomic E-state index is 0.222. The Hall–Kier alpha value is -1.46. The monoisotopic (exact) mass is 488 g/mol. The smallest absolute Gasteiger partial charge is 0.429 e. The van der Waals surface area contributed by atoms with Crippen LogP contribution in [0.3, 0.4) is 0 Å². The largest absolute Gasteiger partial charge is 0.593 e. The van der Waals surface area contributed by atoms with Crippen LogP contribution in [0, 0.1) is 13.8 Å². The van der Waals surface area contributed by atoms with Crippen molar-refractivity contribution in [2.75, 3.05) is 38.3 Å². The summed E-state index contributed by atoms with van der Waals surface area (Å²) in [6.45, 7) is 10.2. The van der Waals surface area contributed by atoms with E-state index in [2.05, 4.69) is 0 Å². The standard InChI is InChI=1S/C23H34F2N2O5S/c1-16-13-18(26(6)20(28)32-21(3,4)5)14-17(2)19(16)15-23(24,25)33(29)27-9-7-22(8-10-27)30-11-12-31-22/h13-14H,7-12,15H2,1-6H3. The molecule has 1 unspecified atom stereocenters. The van der Waals surface area contributed by atoms with E-state index in [1.54, 1.807) is 53.8 Å². The number of rotatable bonds is 5. The summed E-state index contributed by atoms with van der Waals surface area (Å²) in [6.07, 6.45) is -0.349. The Morgan fingerprint density at radius 3 is 2.18 bits per heavy atom. The minimum atomic E-state index is -3.43. The molecule has 2 aliphatic heterocycles. The summed E-state index contributed by atoms with van der Waals surface area (Å²) in [5.41, 5.74) is 1.52. The molecular formula is C23H34F2N2O5S. The lowest BCUT2D eigenvalue weighted by Crippen LogP contribution is -2.52. The Labute approximate surface area is 197 Å². The number of carbonyl (C=O) groups excluding carboxylic acids is 1. The van der Waals surface area contributed by atoms with Crippen molar-refractivity contribution in [2.45, 2.75) is 70.5 Å². The molecule has 1 amide bonds. The van der Waals surface area contributed by atoms with Crippen LogP contribution in [0.5, 0.6) is 0 Å². The quantitative estimate of drug-likeness (QED) is 0.575. The summed E-state index contributed by atoms with van der Waals surface area (Å²) >= 11 is -2.48. The topological polar surface area (TPSA) is 74.3 Å². The van der Waals surface area contributed by atoms with E-state index in [1.807, 2.05) is 0 Å². The average Bonchev–Trinajstić information content (AvgIpc) is 3.16. The summed E-state index contributed by atoms with van der Waals surface area (Å²) in [6, 6.07) is 3.34. The fourth-order valence-corrected chi connectivity index (χ4v) is 5.27. The number of amides is 1. The van der Waals surface area contributed by atoms with Gasteiger partial charge in [-0.2, -0.15) is 8.78 Å². The summed E-state index contributed by atoms with van der Waals surface area (Å²) in [5, 5.41) is -3.43. The van der Waals surface area contributed by atoms with Crippen LogP contribution in [0.4, 0.5) is 19.3 Å². The molecule has 0 aromatic heterocycles. The Morgan fingerprint density at radius 2 is 1.70 bits per heavy atom. The second kappa shape index (κ2) is 9.65. The van der Waals surface area contributed by atoms with Crippen LogP contribution < -0.4 is 4.90 Å². The first kappa shape index (κ1) is 26.2. The molecule has 1 aromatic carbocycles. The molecular weight excluding hydrogens is 454 g/mol. The van der Waals surface area contributed by atoms with Crippen molar-refractivity contribution in [3.63, 3.8) is 0 Å². The number of hydrogen-bond acceptors (Lipinski definition) is 6. The predicted octanol–water partition coefficient (Wildman–Crippen LogP) is 4.31. The van der Waals surface area contributed by atoms with Gasteiger partial charge in [-0.25, -0.2) is 4.79 Å². The summed E-state index contributed by atoms with van der Waals surface area (Å²) in [4.78, 5) is 13.7. The van der Waals surface area contributed by atoms with E-state index in [-0.39, 0.29) is 13.1 Å². The van der Waals surface area contributed by atoms with Crippen molar-refractivity contribution in [3.05, 3.63) is 28.8 Å². The summed E-state index contributed by atoms with van der Waals surface area (Å²) in [7, 11) is 1.58. The van der Waals surface area contributed by atoms with Gasteiger partial charge in [0, 0.05) is 38.7 Å². The van der Waals surface area contributed by atoms with Gasteiger partial charge in [0.05, 0.1) is 19.6 Å². The van der Waals surface area contributed by atoms with Gasteiger partial charge in [-0.1, -0.05) is 0 Å². The minimum Gasteiger partial charge on any atom is -0.593 e. The average molecular weight is 489 g/mol. The van der Waals surface area contributed by atoms with E-state index in [4.69, 9.17) is 14.2 Å². The third-order valence-corrected chi connectivity index (χ3v) is 7.40. The number of aryl methyl sites for hydroxylation is 2. The lowest BCUT2D eigenvalue weighted by atomic mass is 9.99. The number of benzene rings is 1. The highest BCUT2D eigenvalue weighted by atomic mass is 32.2. The fraction of sp³-hybridized carbons (Fsp3) is 0.696. The molecule has 0 N–H and O–H groups in total. The van der Waals surface area contributed by atoms with Gasteiger partial charge in [0.2, 0.25) is 0 Å². The van der Waals surface area contributed by atoms with Gasteiger partial charge < -0.3 is 18.8 Å². The lowest BCUT2D eigenvalue weighted by molar-refractivity contribution is -0.179. The first-order chi connectivity index (χ1) is 15.2. The summed E-state index contributed by atoms with van der Waals surface area (Å²) in [5.74, 6) is -0.709. The third kappa shape index (κ3) is 6.16. The van der Waals surface area contributed by atoms with Crippen LogP contribution in [-0.4, -0.2) is 64.9 Å². The molecule has 33 heavy (non-hydrogen) atoms. The molecule has 1 spiro atoms. The molecule has 0 aliphatic carbocycles. The van der Waals surface area contributed by atoms with Crippen LogP contribution in [0.25, 0.3) is 0 Å². The van der Waals surface area contributed by atoms with E-state index in [0.29, 0.717) is 48.4 Å². The molecule has 1 aromatic rings. The highest BCUT2D eigenvalue weighted by molar-refractivity contribution is 7.90. The first-order valence-corrected chi connectivity index (χ1v) is 12.2. The van der Waals surface area contributed by atoms with Crippen molar-refractivity contribution in [1.82, 2.24) is 4.31 Å². The number of carbonyl (C=O) groups is 1. The third-order valence-electron chi connectivity index (χ3n) is 5.91. The predicted molar refractivity (Wildman–Crippen MR) is 123 cm³/mol. The Morgan fingerprint density at radius 1 is 1.18 bits per heavy atom. The number of alkyl halides is 2. The second-order valence-electron chi connectivity index (χ2n) is 9.70. The van der Waals surface area contributed by atoms with Gasteiger partial charge in [0.25, 0.3) is 0 Å². The lowest BCUT2D eigenvalue weighted by Gasteiger charge is -2.38. The zero-order valence-corrected chi connectivity index (χ0v) is 21.0. The molecule has 2 heterocycles. The van der Waals surface area contributed by atoms with Crippen molar-refractivity contribution in [3.8, 4) is 0 Å². The van der Waals surface area contributed by atoms with Crippen molar-refractivity contribution < 1.29 is 32.3 Å². The fourth-order valence-electron chi connectivity index (χ4n) is 4.11. The van der Waals surface area contributed by atoms with Gasteiger partial charge in [0.15, 0.2) is 5.79 Å². The van der Waals surface area contributed by atoms with Crippen LogP contribution in [0.2, 0.25) is 0 Å². The molecule has 7 nitrogen and oxygen atoms in total. The number of hydrogen-bond donors (Lipinski definition) is 0. The molecule has 0 bridgehead atoms. The number of ether oxygens (including phenoxy) is 3. The maximum Gasteiger partial charge on any atom is 0.429 e. The zero-order chi connectivity index (χ0) is 24.6. The van der Waals surface area contributed by atoms with E-state index in [0.717, 1.165) is 0 Å². The Balaban J connectivity index is 1.69. The summed E-state index contributed by atoms with van der Waals surface area (Å²) < 4.78 is 60.9. The van der Waals surface area contributed by atoms with Crippen molar-refractivity contribution >= 4 is 23.1 Å². The highest BCUT2D eigenvalue weighted by Crippen LogP contribution is 2.38. The van der Waals surface area contributed by atoms with Crippen LogP contribution in [0.15, 0.2) is 12.1 Å². The number of piperidine rings is 1. The second-order valence-corrected chi connectivity index (χ2v) is 11.3. The molecule has 1 atom stereocenters. The Kier molecular flexibility index (Phi) is 7.65. The maximum atomic E-state index is 15.1. The van der Waals surface area contributed by atoms with Gasteiger partial charge in [0.1, 0.15) is 17.0 Å². The molecule has 0 radical (unpaired) electrons. The maximum absolute atomic E-state index is 15.1. The van der Waals surface area contributed by atoms with Gasteiger partial charge in [-0.05, 0) is 63.4 Å².